The van der Waals surface area contributed by atoms with E-state index in [1.807, 2.05) is 48.7 Å². The van der Waals surface area contributed by atoms with E-state index in [2.05, 4.69) is 4.57 Å². The lowest BCUT2D eigenvalue weighted by atomic mass is 10.1. The maximum atomic E-state index is 11.2. The molecule has 0 aliphatic heterocycles. The molecule has 0 aliphatic rings. The maximum Gasteiger partial charge on any atom is 0.248 e. The third-order valence-electron chi connectivity index (χ3n) is 3.30. The zero-order valence-electron chi connectivity index (χ0n) is 10.7. The van der Waals surface area contributed by atoms with E-state index in [0.29, 0.717) is 12.1 Å². The van der Waals surface area contributed by atoms with Gasteiger partial charge in [0.15, 0.2) is 0 Å². The fraction of sp³-hybridized carbons (Fsp3) is 0.0625. The summed E-state index contributed by atoms with van der Waals surface area (Å²) in [6, 6.07) is 15.2. The molecule has 3 aromatic rings. The highest BCUT2D eigenvalue weighted by Gasteiger charge is 2.05. The molecule has 2 aromatic carbocycles. The summed E-state index contributed by atoms with van der Waals surface area (Å²) < 4.78 is 2.12. The number of benzene rings is 2. The second-order valence-electron chi connectivity index (χ2n) is 4.71. The molecule has 2 N–H and O–H groups in total. The molecule has 20 heavy (non-hydrogen) atoms. The molecule has 0 bridgehead atoms. The van der Waals surface area contributed by atoms with Crippen molar-refractivity contribution in [2.24, 2.45) is 5.73 Å². The molecule has 0 spiro atoms. The summed E-state index contributed by atoms with van der Waals surface area (Å²) in [6.45, 7) is 0.687. The van der Waals surface area contributed by atoms with Crippen LogP contribution in [-0.2, 0) is 6.54 Å². The highest BCUT2D eigenvalue weighted by molar-refractivity contribution is 6.31. The summed E-state index contributed by atoms with van der Waals surface area (Å²) >= 11 is 5.98. The number of rotatable bonds is 3. The van der Waals surface area contributed by atoms with E-state index in [-0.39, 0.29) is 0 Å². The number of carbonyl (C=O) groups is 1. The quantitative estimate of drug-likeness (QED) is 0.787. The summed E-state index contributed by atoms with van der Waals surface area (Å²) in [5, 5.41) is 1.83. The number of nitrogens with two attached hydrogens (primary N) is 1. The first kappa shape index (κ1) is 12.8. The van der Waals surface area contributed by atoms with Gasteiger partial charge in [-0.15, -0.1) is 0 Å². The van der Waals surface area contributed by atoms with E-state index in [0.717, 1.165) is 21.5 Å². The van der Waals surface area contributed by atoms with Crippen molar-refractivity contribution in [1.29, 1.82) is 0 Å². The molecule has 0 aliphatic carbocycles. The van der Waals surface area contributed by atoms with Crippen LogP contribution in [0.3, 0.4) is 0 Å². The number of halogens is 1. The fourth-order valence-corrected chi connectivity index (χ4v) is 2.51. The zero-order chi connectivity index (χ0) is 14.1. The van der Waals surface area contributed by atoms with Gasteiger partial charge in [0.1, 0.15) is 0 Å². The van der Waals surface area contributed by atoms with Gasteiger partial charge in [0.05, 0.1) is 0 Å². The molecule has 0 radical (unpaired) electrons. The van der Waals surface area contributed by atoms with Crippen LogP contribution in [0.1, 0.15) is 15.9 Å². The van der Waals surface area contributed by atoms with Crippen LogP contribution in [0.2, 0.25) is 5.02 Å². The number of hydrogen-bond acceptors (Lipinski definition) is 1. The molecule has 1 heterocycles. The molecule has 0 saturated heterocycles. The van der Waals surface area contributed by atoms with Crippen molar-refractivity contribution >= 4 is 28.4 Å². The highest BCUT2D eigenvalue weighted by atomic mass is 35.5. The van der Waals surface area contributed by atoms with Gasteiger partial charge in [-0.2, -0.15) is 0 Å². The Morgan fingerprint density at radius 1 is 1.15 bits per heavy atom. The number of fused-ring (bicyclic) bond motifs is 1. The van der Waals surface area contributed by atoms with E-state index in [1.54, 1.807) is 6.07 Å². The van der Waals surface area contributed by atoms with E-state index < -0.39 is 5.91 Å². The number of primary amides is 1. The summed E-state index contributed by atoms with van der Waals surface area (Å²) in [7, 11) is 0. The Bertz CT molecular complexity index is 792. The van der Waals surface area contributed by atoms with Crippen molar-refractivity contribution in [2.75, 3.05) is 0 Å². The standard InChI is InChI=1S/C16H13ClN2O/c17-14-4-5-15-12(9-14)6-7-19(15)10-11-2-1-3-13(8-11)16(18)20/h1-9H,10H2,(H2,18,20). The fourth-order valence-electron chi connectivity index (χ4n) is 2.33. The average Bonchev–Trinajstić information content (AvgIpc) is 2.81. The van der Waals surface area contributed by atoms with Gasteiger partial charge in [-0.1, -0.05) is 23.7 Å². The molecule has 0 saturated carbocycles. The van der Waals surface area contributed by atoms with Gasteiger partial charge in [0.2, 0.25) is 5.91 Å². The number of carbonyl (C=O) groups excluding carboxylic acids is 1. The van der Waals surface area contributed by atoms with Crippen LogP contribution in [0.5, 0.6) is 0 Å². The Kier molecular flexibility index (Phi) is 3.20. The van der Waals surface area contributed by atoms with Crippen molar-refractivity contribution in [3.63, 3.8) is 0 Å². The first-order chi connectivity index (χ1) is 9.63. The average molecular weight is 285 g/mol. The topological polar surface area (TPSA) is 48.0 Å². The highest BCUT2D eigenvalue weighted by Crippen LogP contribution is 2.21. The lowest BCUT2D eigenvalue weighted by Crippen LogP contribution is -2.11. The summed E-state index contributed by atoms with van der Waals surface area (Å²) in [4.78, 5) is 11.2. The van der Waals surface area contributed by atoms with Crippen LogP contribution in [0.15, 0.2) is 54.7 Å². The second kappa shape index (κ2) is 5.02. The molecule has 3 nitrogen and oxygen atoms in total. The Labute approximate surface area is 121 Å². The van der Waals surface area contributed by atoms with Gasteiger partial charge in [-0.3, -0.25) is 4.79 Å². The zero-order valence-corrected chi connectivity index (χ0v) is 11.5. The molecule has 1 aromatic heterocycles. The lowest BCUT2D eigenvalue weighted by Gasteiger charge is -2.07. The monoisotopic (exact) mass is 284 g/mol. The maximum absolute atomic E-state index is 11.2. The molecule has 4 heteroatoms. The third-order valence-corrected chi connectivity index (χ3v) is 3.53. The first-order valence-electron chi connectivity index (χ1n) is 6.26. The minimum atomic E-state index is -0.406. The van der Waals surface area contributed by atoms with E-state index >= 15 is 0 Å². The molecule has 0 atom stereocenters. The van der Waals surface area contributed by atoms with Crippen LogP contribution in [0, 0.1) is 0 Å². The Morgan fingerprint density at radius 3 is 2.80 bits per heavy atom. The van der Waals surface area contributed by atoms with Crippen LogP contribution >= 0.6 is 11.6 Å². The minimum Gasteiger partial charge on any atom is -0.366 e. The van der Waals surface area contributed by atoms with Crippen LogP contribution in [0.4, 0.5) is 0 Å². The number of hydrogen-bond donors (Lipinski definition) is 1. The number of aromatic nitrogens is 1. The van der Waals surface area contributed by atoms with Crippen molar-refractivity contribution < 1.29 is 4.79 Å². The SMILES string of the molecule is NC(=O)c1cccc(Cn2ccc3cc(Cl)ccc32)c1. The largest absolute Gasteiger partial charge is 0.366 e. The molecular formula is C16H13ClN2O. The Balaban J connectivity index is 1.97. The van der Waals surface area contributed by atoms with Gasteiger partial charge in [0, 0.05) is 34.2 Å². The van der Waals surface area contributed by atoms with Gasteiger partial charge >= 0.3 is 0 Å². The minimum absolute atomic E-state index is 0.406. The van der Waals surface area contributed by atoms with Crippen molar-refractivity contribution in [3.05, 3.63) is 70.9 Å². The van der Waals surface area contributed by atoms with Crippen molar-refractivity contribution in [1.82, 2.24) is 4.57 Å². The van der Waals surface area contributed by atoms with Crippen LogP contribution in [-0.4, -0.2) is 10.5 Å². The smallest absolute Gasteiger partial charge is 0.248 e. The van der Waals surface area contributed by atoms with E-state index in [1.165, 1.54) is 0 Å². The van der Waals surface area contributed by atoms with Gasteiger partial charge in [0.25, 0.3) is 0 Å². The third kappa shape index (κ3) is 2.40. The van der Waals surface area contributed by atoms with E-state index in [4.69, 9.17) is 17.3 Å². The second-order valence-corrected chi connectivity index (χ2v) is 5.15. The lowest BCUT2D eigenvalue weighted by molar-refractivity contribution is 0.1000. The summed E-state index contributed by atoms with van der Waals surface area (Å²) in [5.41, 5.74) is 7.98. The molecule has 1 amide bonds. The van der Waals surface area contributed by atoms with Crippen molar-refractivity contribution in [3.8, 4) is 0 Å². The van der Waals surface area contributed by atoms with Gasteiger partial charge in [-0.05, 0) is 42.0 Å². The summed E-state index contributed by atoms with van der Waals surface area (Å²) in [5.74, 6) is -0.406. The number of amides is 1. The Morgan fingerprint density at radius 2 is 2.00 bits per heavy atom. The predicted octanol–water partition coefficient (Wildman–Crippen LogP) is 3.44. The molecule has 3 rings (SSSR count). The molecular weight excluding hydrogens is 272 g/mol. The van der Waals surface area contributed by atoms with Gasteiger partial charge < -0.3 is 10.3 Å². The van der Waals surface area contributed by atoms with Crippen LogP contribution < -0.4 is 5.73 Å². The van der Waals surface area contributed by atoms with E-state index in [9.17, 15) is 4.79 Å². The Hall–Kier alpha value is -2.26. The van der Waals surface area contributed by atoms with Gasteiger partial charge in [-0.25, -0.2) is 0 Å². The van der Waals surface area contributed by atoms with Crippen molar-refractivity contribution in [2.45, 2.75) is 6.54 Å². The normalized spacial score (nSPS) is 10.8. The first-order valence-corrected chi connectivity index (χ1v) is 6.64. The number of nitrogens with zero attached hydrogens (tertiary/aromatic N) is 1. The molecule has 0 fully saturated rings. The van der Waals surface area contributed by atoms with Crippen LogP contribution in [0.25, 0.3) is 10.9 Å². The predicted molar refractivity (Wildman–Crippen MR) is 81.0 cm³/mol. The molecule has 100 valence electrons. The summed E-state index contributed by atoms with van der Waals surface area (Å²) in [6.07, 6.45) is 2.01. The molecule has 0 unspecified atom stereocenters.